The first-order valence-corrected chi connectivity index (χ1v) is 5.53. The maximum atomic E-state index is 10.5. The number of nitrogens with two attached hydrogens (primary N) is 1. The van der Waals surface area contributed by atoms with Gasteiger partial charge in [0.25, 0.3) is 0 Å². The molecule has 15 heavy (non-hydrogen) atoms. The second kappa shape index (κ2) is 5.75. The quantitative estimate of drug-likeness (QED) is 0.893. The fraction of sp³-hybridized carbons (Fsp3) is 0.364. The molecule has 1 aromatic rings. The number of amides is 1. The van der Waals surface area contributed by atoms with E-state index in [0.29, 0.717) is 6.42 Å². The average Bonchev–Trinajstić information content (AvgIpc) is 2.17. The highest BCUT2D eigenvalue weighted by Gasteiger charge is 2.02. The fourth-order valence-electron chi connectivity index (χ4n) is 1.33. The van der Waals surface area contributed by atoms with Crippen LogP contribution in [-0.4, -0.2) is 13.0 Å². The van der Waals surface area contributed by atoms with Gasteiger partial charge in [0, 0.05) is 6.42 Å². The van der Waals surface area contributed by atoms with Crippen molar-refractivity contribution in [2.45, 2.75) is 19.3 Å². The van der Waals surface area contributed by atoms with Crippen molar-refractivity contribution in [3.63, 3.8) is 0 Å². The van der Waals surface area contributed by atoms with Gasteiger partial charge in [-0.1, -0.05) is 6.07 Å². The first-order chi connectivity index (χ1) is 7.13. The molecule has 0 aromatic heterocycles. The zero-order valence-electron chi connectivity index (χ0n) is 8.63. The second-order valence-corrected chi connectivity index (χ2v) is 4.14. The Morgan fingerprint density at radius 1 is 1.53 bits per heavy atom. The number of aryl methyl sites for hydroxylation is 1. The van der Waals surface area contributed by atoms with Gasteiger partial charge < -0.3 is 10.5 Å². The number of methoxy groups -OCH3 is 1. The van der Waals surface area contributed by atoms with Crippen LogP contribution in [0.25, 0.3) is 0 Å². The molecule has 1 aromatic carbocycles. The molecule has 0 saturated heterocycles. The summed E-state index contributed by atoms with van der Waals surface area (Å²) in [5.74, 6) is 0.566. The molecule has 2 N–H and O–H groups in total. The molecule has 0 aliphatic carbocycles. The Kier molecular flexibility index (Phi) is 4.62. The number of primary amides is 1. The van der Waals surface area contributed by atoms with Crippen molar-refractivity contribution in [3.05, 3.63) is 28.2 Å². The third kappa shape index (κ3) is 3.91. The molecule has 0 spiro atoms. The van der Waals surface area contributed by atoms with Gasteiger partial charge in [0.2, 0.25) is 5.91 Å². The van der Waals surface area contributed by atoms with Crippen molar-refractivity contribution in [2.24, 2.45) is 5.73 Å². The van der Waals surface area contributed by atoms with Crippen molar-refractivity contribution in [3.8, 4) is 5.75 Å². The van der Waals surface area contributed by atoms with Gasteiger partial charge in [0.05, 0.1) is 11.6 Å². The average molecular weight is 272 g/mol. The molecule has 0 saturated carbocycles. The van der Waals surface area contributed by atoms with Crippen molar-refractivity contribution in [1.29, 1.82) is 0 Å². The summed E-state index contributed by atoms with van der Waals surface area (Å²) in [7, 11) is 1.63. The summed E-state index contributed by atoms with van der Waals surface area (Å²) in [4.78, 5) is 10.5. The molecule has 0 radical (unpaired) electrons. The summed E-state index contributed by atoms with van der Waals surface area (Å²) in [6.07, 6.45) is 2.07. The Morgan fingerprint density at radius 2 is 2.27 bits per heavy atom. The molecule has 0 aliphatic rings. The maximum absolute atomic E-state index is 10.5. The highest BCUT2D eigenvalue weighted by atomic mass is 79.9. The number of hydrogen-bond acceptors (Lipinski definition) is 2. The van der Waals surface area contributed by atoms with Crippen molar-refractivity contribution in [2.75, 3.05) is 7.11 Å². The van der Waals surface area contributed by atoms with Crippen LogP contribution in [-0.2, 0) is 11.2 Å². The SMILES string of the molecule is COc1ccc(CCCC(N)=O)cc1Br. The molecule has 0 fully saturated rings. The lowest BCUT2D eigenvalue weighted by Crippen LogP contribution is -2.10. The first-order valence-electron chi connectivity index (χ1n) is 4.74. The van der Waals surface area contributed by atoms with Crippen LogP contribution in [0.4, 0.5) is 0 Å². The van der Waals surface area contributed by atoms with Gasteiger partial charge in [-0.15, -0.1) is 0 Å². The van der Waals surface area contributed by atoms with Gasteiger partial charge in [-0.2, -0.15) is 0 Å². The summed E-state index contributed by atoms with van der Waals surface area (Å²) in [6.45, 7) is 0. The second-order valence-electron chi connectivity index (χ2n) is 3.29. The van der Waals surface area contributed by atoms with Crippen LogP contribution in [0.3, 0.4) is 0 Å². The maximum Gasteiger partial charge on any atom is 0.217 e. The molecule has 4 heteroatoms. The molecule has 0 unspecified atom stereocenters. The molecule has 1 amide bonds. The van der Waals surface area contributed by atoms with Crippen LogP contribution in [0.2, 0.25) is 0 Å². The van der Waals surface area contributed by atoms with E-state index in [1.54, 1.807) is 7.11 Å². The fourth-order valence-corrected chi connectivity index (χ4v) is 1.92. The predicted octanol–water partition coefficient (Wildman–Crippen LogP) is 2.27. The number of halogens is 1. The van der Waals surface area contributed by atoms with Gasteiger partial charge in [-0.3, -0.25) is 4.79 Å². The van der Waals surface area contributed by atoms with Gasteiger partial charge in [0.15, 0.2) is 0 Å². The number of ether oxygens (including phenoxy) is 1. The van der Waals surface area contributed by atoms with Crippen molar-refractivity contribution < 1.29 is 9.53 Å². The molecule has 0 aliphatic heterocycles. The third-order valence-corrected chi connectivity index (χ3v) is 2.72. The lowest BCUT2D eigenvalue weighted by molar-refractivity contribution is -0.118. The van der Waals surface area contributed by atoms with Gasteiger partial charge in [-0.25, -0.2) is 0 Å². The van der Waals surface area contributed by atoms with Crippen LogP contribution >= 0.6 is 15.9 Å². The van der Waals surface area contributed by atoms with E-state index >= 15 is 0 Å². The van der Waals surface area contributed by atoms with Crippen LogP contribution < -0.4 is 10.5 Å². The number of carbonyl (C=O) groups is 1. The molecular formula is C11H14BrNO2. The van der Waals surface area contributed by atoms with Crippen molar-refractivity contribution >= 4 is 21.8 Å². The minimum absolute atomic E-state index is 0.248. The Morgan fingerprint density at radius 3 is 2.80 bits per heavy atom. The van der Waals surface area contributed by atoms with E-state index in [1.165, 1.54) is 5.56 Å². The molecular weight excluding hydrogens is 258 g/mol. The van der Waals surface area contributed by atoms with Crippen LogP contribution in [0, 0.1) is 0 Å². The highest BCUT2D eigenvalue weighted by molar-refractivity contribution is 9.10. The Labute approximate surface area is 97.7 Å². The molecule has 82 valence electrons. The summed E-state index contributed by atoms with van der Waals surface area (Å²) in [5.41, 5.74) is 6.23. The smallest absolute Gasteiger partial charge is 0.217 e. The van der Waals surface area contributed by atoms with E-state index in [-0.39, 0.29) is 5.91 Å². The van der Waals surface area contributed by atoms with E-state index in [4.69, 9.17) is 10.5 Å². The minimum Gasteiger partial charge on any atom is -0.496 e. The van der Waals surface area contributed by atoms with Crippen LogP contribution in [0.1, 0.15) is 18.4 Å². The molecule has 0 atom stereocenters. The summed E-state index contributed by atoms with van der Waals surface area (Å²) >= 11 is 3.41. The molecule has 0 bridgehead atoms. The van der Waals surface area contributed by atoms with Crippen LogP contribution in [0.15, 0.2) is 22.7 Å². The highest BCUT2D eigenvalue weighted by Crippen LogP contribution is 2.25. The van der Waals surface area contributed by atoms with Gasteiger partial charge in [0.1, 0.15) is 5.75 Å². The summed E-state index contributed by atoms with van der Waals surface area (Å²) in [5, 5.41) is 0. The van der Waals surface area contributed by atoms with E-state index in [0.717, 1.165) is 23.1 Å². The Hall–Kier alpha value is -1.03. The van der Waals surface area contributed by atoms with Gasteiger partial charge in [-0.05, 0) is 46.5 Å². The number of carbonyl (C=O) groups excluding carboxylic acids is 1. The number of rotatable bonds is 5. The zero-order chi connectivity index (χ0) is 11.3. The summed E-state index contributed by atoms with van der Waals surface area (Å²) in [6, 6.07) is 5.90. The van der Waals surface area contributed by atoms with E-state index in [1.807, 2.05) is 18.2 Å². The lowest BCUT2D eigenvalue weighted by atomic mass is 10.1. The van der Waals surface area contributed by atoms with E-state index < -0.39 is 0 Å². The summed E-state index contributed by atoms with van der Waals surface area (Å²) < 4.78 is 6.05. The molecule has 3 nitrogen and oxygen atoms in total. The number of benzene rings is 1. The minimum atomic E-state index is -0.248. The largest absolute Gasteiger partial charge is 0.496 e. The standard InChI is InChI=1S/C11H14BrNO2/c1-15-10-6-5-8(7-9(10)12)3-2-4-11(13)14/h5-7H,2-4H2,1H3,(H2,13,14). The Balaban J connectivity index is 2.55. The molecule has 1 rings (SSSR count). The van der Waals surface area contributed by atoms with Crippen LogP contribution in [0.5, 0.6) is 5.75 Å². The first kappa shape index (κ1) is 12.0. The zero-order valence-corrected chi connectivity index (χ0v) is 10.2. The topological polar surface area (TPSA) is 52.3 Å². The normalized spacial score (nSPS) is 10.0. The van der Waals surface area contributed by atoms with Gasteiger partial charge >= 0.3 is 0 Å². The third-order valence-electron chi connectivity index (χ3n) is 2.10. The number of hydrogen-bond donors (Lipinski definition) is 1. The predicted molar refractivity (Wildman–Crippen MR) is 62.8 cm³/mol. The lowest BCUT2D eigenvalue weighted by Gasteiger charge is -2.05. The monoisotopic (exact) mass is 271 g/mol. The molecule has 0 heterocycles. The van der Waals surface area contributed by atoms with E-state index in [2.05, 4.69) is 15.9 Å². The van der Waals surface area contributed by atoms with Crippen molar-refractivity contribution in [1.82, 2.24) is 0 Å². The Bertz CT molecular complexity index is 352. The van der Waals surface area contributed by atoms with E-state index in [9.17, 15) is 4.79 Å².